The highest BCUT2D eigenvalue weighted by Crippen LogP contribution is 2.39. The van der Waals surface area contributed by atoms with Crippen molar-refractivity contribution in [2.24, 2.45) is 0 Å². The van der Waals surface area contributed by atoms with Gasteiger partial charge in [-0.25, -0.2) is 9.97 Å². The van der Waals surface area contributed by atoms with Crippen LogP contribution in [0.5, 0.6) is 0 Å². The minimum absolute atomic E-state index is 0.695. The lowest BCUT2D eigenvalue weighted by Gasteiger charge is -2.12. The Morgan fingerprint density at radius 3 is 1.09 bits per heavy atom. The minimum Gasteiger partial charge on any atom is -0.309 e. The van der Waals surface area contributed by atoms with Crippen LogP contribution in [0.15, 0.2) is 212 Å². The topological polar surface area (TPSA) is 30.7 Å². The average Bonchev–Trinajstić information content (AvgIpc) is 3.65. The number of rotatable bonds is 7. The second-order valence-electron chi connectivity index (χ2n) is 14.6. The summed E-state index contributed by atoms with van der Waals surface area (Å²) in [5.41, 5.74) is 15.5. The minimum atomic E-state index is 0.695. The summed E-state index contributed by atoms with van der Waals surface area (Å²) in [6.45, 7) is 0. The van der Waals surface area contributed by atoms with E-state index in [0.717, 1.165) is 44.9 Å². The van der Waals surface area contributed by atoms with Crippen molar-refractivity contribution in [3.63, 3.8) is 0 Å². The lowest BCUT2D eigenvalue weighted by molar-refractivity contribution is 1.18. The fraction of sp³-hybridized carbons (Fsp3) is 0. The van der Waals surface area contributed by atoms with Crippen LogP contribution in [0.2, 0.25) is 0 Å². The van der Waals surface area contributed by atoms with Gasteiger partial charge in [0.15, 0.2) is 5.82 Å². The van der Waals surface area contributed by atoms with Gasteiger partial charge in [0.05, 0.1) is 22.4 Å². The van der Waals surface area contributed by atoms with Gasteiger partial charge in [0.25, 0.3) is 0 Å². The van der Waals surface area contributed by atoms with E-state index in [2.05, 4.69) is 205 Å². The normalized spacial score (nSPS) is 11.5. The van der Waals surface area contributed by atoms with Gasteiger partial charge in [-0.05, 0) is 74.5 Å². The van der Waals surface area contributed by atoms with Gasteiger partial charge in [-0.1, -0.05) is 182 Å². The van der Waals surface area contributed by atoms with Crippen LogP contribution in [0.3, 0.4) is 0 Å². The zero-order valence-electron chi connectivity index (χ0n) is 31.0. The van der Waals surface area contributed by atoms with E-state index in [-0.39, 0.29) is 0 Å². The van der Waals surface area contributed by atoms with Crippen molar-refractivity contribution in [1.29, 1.82) is 0 Å². The Kier molecular flexibility index (Phi) is 7.82. The molecule has 2 aromatic heterocycles. The Bertz CT molecular complexity index is 3000. The van der Waals surface area contributed by atoms with Crippen molar-refractivity contribution < 1.29 is 0 Å². The molecule has 0 aliphatic heterocycles. The third kappa shape index (κ3) is 5.85. The Balaban J connectivity index is 0.940. The largest absolute Gasteiger partial charge is 0.309 e. The SMILES string of the molecule is c1ccc(-c2ccc(-c3cc(-c4ccc(-c5ccccc5)cc4)nc(-c4ccc(-c5ccc(-n6c7cccc8ccc9cccc6c9c87)cc5)cc4)n3)cc2)cc1. The predicted octanol–water partition coefficient (Wildman–Crippen LogP) is 14.2. The standard InChI is InChI=1S/C54H35N3/c1-3-9-36(10-4-1)38-17-23-42(24-18-38)48-35-49(43-25-19-39(20-26-43)37-11-5-2-6-12-37)56-54(55-48)46-29-21-40(22-30-46)41-31-33-47(34-32-41)57-50-15-7-13-44-27-28-45-14-8-16-51(57)53(45)52(44)50/h1-35H. The van der Waals surface area contributed by atoms with E-state index in [1.807, 2.05) is 12.1 Å². The summed E-state index contributed by atoms with van der Waals surface area (Å²) in [4.78, 5) is 10.3. The smallest absolute Gasteiger partial charge is 0.160 e. The van der Waals surface area contributed by atoms with Crippen LogP contribution in [0, 0.1) is 0 Å². The molecule has 11 aromatic rings. The van der Waals surface area contributed by atoms with Crippen molar-refractivity contribution in [2.75, 3.05) is 0 Å². The first-order valence-corrected chi connectivity index (χ1v) is 19.4. The van der Waals surface area contributed by atoms with Gasteiger partial charge in [-0.2, -0.15) is 0 Å². The van der Waals surface area contributed by atoms with E-state index >= 15 is 0 Å². The van der Waals surface area contributed by atoms with Crippen molar-refractivity contribution in [1.82, 2.24) is 14.5 Å². The zero-order chi connectivity index (χ0) is 37.7. The molecule has 0 atom stereocenters. The van der Waals surface area contributed by atoms with Crippen LogP contribution in [0.1, 0.15) is 0 Å². The molecule has 0 fully saturated rings. The van der Waals surface area contributed by atoms with Gasteiger partial charge in [0.1, 0.15) is 0 Å². The van der Waals surface area contributed by atoms with Gasteiger partial charge >= 0.3 is 0 Å². The first-order valence-electron chi connectivity index (χ1n) is 19.4. The molecule has 0 saturated carbocycles. The van der Waals surface area contributed by atoms with E-state index in [9.17, 15) is 0 Å². The molecule has 0 N–H and O–H groups in total. The Labute approximate surface area is 331 Å². The van der Waals surface area contributed by atoms with Crippen LogP contribution in [-0.2, 0) is 0 Å². The van der Waals surface area contributed by atoms with E-state index in [1.54, 1.807) is 0 Å². The molecule has 0 radical (unpaired) electrons. The number of benzene rings is 9. The molecule has 0 bridgehead atoms. The molecular formula is C54H35N3. The summed E-state index contributed by atoms with van der Waals surface area (Å²) in [5.74, 6) is 0.695. The molecule has 11 rings (SSSR count). The van der Waals surface area contributed by atoms with E-state index in [4.69, 9.17) is 9.97 Å². The summed E-state index contributed by atoms with van der Waals surface area (Å²) in [5, 5.41) is 5.20. The van der Waals surface area contributed by atoms with E-state index in [1.165, 1.54) is 54.8 Å². The van der Waals surface area contributed by atoms with Crippen molar-refractivity contribution >= 4 is 32.6 Å². The fourth-order valence-electron chi connectivity index (χ4n) is 8.31. The van der Waals surface area contributed by atoms with Crippen LogP contribution in [0.25, 0.3) is 106 Å². The lowest BCUT2D eigenvalue weighted by Crippen LogP contribution is -1.96. The van der Waals surface area contributed by atoms with E-state index in [0.29, 0.717) is 5.82 Å². The summed E-state index contributed by atoms with van der Waals surface area (Å²) < 4.78 is 2.39. The maximum atomic E-state index is 5.16. The monoisotopic (exact) mass is 725 g/mol. The Morgan fingerprint density at radius 2 is 0.649 bits per heavy atom. The number of hydrogen-bond donors (Lipinski definition) is 0. The van der Waals surface area contributed by atoms with Crippen molar-refractivity contribution in [3.05, 3.63) is 212 Å². The molecule has 0 spiro atoms. The molecule has 0 aliphatic rings. The van der Waals surface area contributed by atoms with Crippen LogP contribution in [0.4, 0.5) is 0 Å². The highest BCUT2D eigenvalue weighted by atomic mass is 15.0. The molecular weight excluding hydrogens is 691 g/mol. The van der Waals surface area contributed by atoms with Crippen LogP contribution < -0.4 is 0 Å². The molecule has 9 aromatic carbocycles. The highest BCUT2D eigenvalue weighted by molar-refractivity contribution is 6.24. The predicted molar refractivity (Wildman–Crippen MR) is 238 cm³/mol. The second kappa shape index (κ2) is 13.6. The molecule has 3 heteroatoms. The lowest BCUT2D eigenvalue weighted by atomic mass is 10.00. The van der Waals surface area contributed by atoms with Crippen molar-refractivity contribution in [2.45, 2.75) is 0 Å². The van der Waals surface area contributed by atoms with E-state index < -0.39 is 0 Å². The molecule has 266 valence electrons. The first-order chi connectivity index (χ1) is 28.2. The fourth-order valence-corrected chi connectivity index (χ4v) is 8.31. The summed E-state index contributed by atoms with van der Waals surface area (Å²) in [7, 11) is 0. The molecule has 0 saturated heterocycles. The van der Waals surface area contributed by atoms with Gasteiger partial charge in [0, 0.05) is 33.2 Å². The van der Waals surface area contributed by atoms with Gasteiger partial charge in [-0.3, -0.25) is 0 Å². The van der Waals surface area contributed by atoms with Crippen LogP contribution in [-0.4, -0.2) is 14.5 Å². The van der Waals surface area contributed by atoms with Gasteiger partial charge < -0.3 is 4.57 Å². The molecule has 2 heterocycles. The quantitative estimate of drug-likeness (QED) is 0.153. The third-order valence-corrected chi connectivity index (χ3v) is 11.2. The number of nitrogens with zero attached hydrogens (tertiary/aromatic N) is 3. The molecule has 0 aliphatic carbocycles. The Morgan fingerprint density at radius 1 is 0.281 bits per heavy atom. The molecule has 0 amide bonds. The summed E-state index contributed by atoms with van der Waals surface area (Å²) in [6, 6.07) is 75.6. The van der Waals surface area contributed by atoms with Gasteiger partial charge in [-0.15, -0.1) is 0 Å². The first kappa shape index (κ1) is 32.8. The second-order valence-corrected chi connectivity index (χ2v) is 14.6. The summed E-state index contributed by atoms with van der Waals surface area (Å²) >= 11 is 0. The number of aromatic nitrogens is 3. The van der Waals surface area contributed by atoms with Crippen LogP contribution >= 0.6 is 0 Å². The maximum absolute atomic E-state index is 5.16. The molecule has 0 unspecified atom stereocenters. The van der Waals surface area contributed by atoms with Crippen molar-refractivity contribution in [3.8, 4) is 73.0 Å². The number of hydrogen-bond acceptors (Lipinski definition) is 2. The zero-order valence-corrected chi connectivity index (χ0v) is 31.0. The highest BCUT2D eigenvalue weighted by Gasteiger charge is 2.17. The summed E-state index contributed by atoms with van der Waals surface area (Å²) in [6.07, 6.45) is 0. The maximum Gasteiger partial charge on any atom is 0.160 e. The average molecular weight is 726 g/mol. The Hall–Kier alpha value is -7.62. The molecule has 3 nitrogen and oxygen atoms in total. The third-order valence-electron chi connectivity index (χ3n) is 11.2. The molecule has 57 heavy (non-hydrogen) atoms. The van der Waals surface area contributed by atoms with Gasteiger partial charge in [0.2, 0.25) is 0 Å².